The lowest BCUT2D eigenvalue weighted by Crippen LogP contribution is -2.38. The van der Waals surface area contributed by atoms with Crippen molar-refractivity contribution in [2.24, 2.45) is 0 Å². The Bertz CT molecular complexity index is 472. The Morgan fingerprint density at radius 2 is 1.83 bits per heavy atom. The molecule has 1 atom stereocenters. The third-order valence-electron chi connectivity index (χ3n) is 4.12. The highest BCUT2D eigenvalue weighted by Crippen LogP contribution is 2.15. The standard InChI is InChI=1S/C17H27N3O3/c21-15-7-5-14(6-8-15)16(22)13-19-17(23)18-9-1-2-10-20-11-3-4-12-20/h5-8,16,21-22H,1-4,9-13H2,(H2,18,19,23). The van der Waals surface area contributed by atoms with Crippen molar-refractivity contribution in [3.05, 3.63) is 29.8 Å². The highest BCUT2D eigenvalue weighted by atomic mass is 16.3. The van der Waals surface area contributed by atoms with Gasteiger partial charge < -0.3 is 25.7 Å². The summed E-state index contributed by atoms with van der Waals surface area (Å²) in [5.41, 5.74) is 0.661. The molecular formula is C17H27N3O3. The zero-order chi connectivity index (χ0) is 16.5. The highest BCUT2D eigenvalue weighted by molar-refractivity contribution is 5.73. The molecule has 0 aromatic heterocycles. The first-order valence-corrected chi connectivity index (χ1v) is 8.36. The van der Waals surface area contributed by atoms with Gasteiger partial charge in [0.05, 0.1) is 6.10 Å². The Labute approximate surface area is 137 Å². The van der Waals surface area contributed by atoms with Crippen LogP contribution in [0.5, 0.6) is 5.75 Å². The van der Waals surface area contributed by atoms with E-state index in [1.54, 1.807) is 12.1 Å². The molecule has 1 fully saturated rings. The van der Waals surface area contributed by atoms with Crippen LogP contribution < -0.4 is 10.6 Å². The Morgan fingerprint density at radius 1 is 1.13 bits per heavy atom. The number of aliphatic hydroxyl groups is 1. The number of phenols is 1. The number of urea groups is 1. The fourth-order valence-corrected chi connectivity index (χ4v) is 2.73. The molecule has 0 radical (unpaired) electrons. The van der Waals surface area contributed by atoms with Gasteiger partial charge in [0, 0.05) is 13.1 Å². The lowest BCUT2D eigenvalue weighted by atomic mass is 10.1. The molecule has 1 saturated heterocycles. The van der Waals surface area contributed by atoms with Crippen molar-refractivity contribution in [3.63, 3.8) is 0 Å². The van der Waals surface area contributed by atoms with Crippen LogP contribution in [-0.2, 0) is 0 Å². The van der Waals surface area contributed by atoms with E-state index >= 15 is 0 Å². The molecule has 0 bridgehead atoms. The van der Waals surface area contributed by atoms with E-state index in [9.17, 15) is 15.0 Å². The lowest BCUT2D eigenvalue weighted by molar-refractivity contribution is 0.173. The number of carbonyl (C=O) groups excluding carboxylic acids is 1. The summed E-state index contributed by atoms with van der Waals surface area (Å²) in [6, 6.07) is 6.04. The molecule has 0 spiro atoms. The van der Waals surface area contributed by atoms with Gasteiger partial charge in [-0.2, -0.15) is 0 Å². The van der Waals surface area contributed by atoms with Gasteiger partial charge in [0.2, 0.25) is 0 Å². The third kappa shape index (κ3) is 6.46. The number of hydrogen-bond acceptors (Lipinski definition) is 4. The maximum absolute atomic E-state index is 11.7. The summed E-state index contributed by atoms with van der Waals surface area (Å²) in [4.78, 5) is 14.1. The lowest BCUT2D eigenvalue weighted by Gasteiger charge is -2.15. The van der Waals surface area contributed by atoms with Crippen LogP contribution in [0.25, 0.3) is 0 Å². The maximum atomic E-state index is 11.7. The number of benzene rings is 1. The Kier molecular flexibility index (Phi) is 7.16. The molecule has 1 aromatic carbocycles. The van der Waals surface area contributed by atoms with E-state index in [0.29, 0.717) is 12.1 Å². The summed E-state index contributed by atoms with van der Waals surface area (Å²) >= 11 is 0. The quantitative estimate of drug-likeness (QED) is 0.548. The maximum Gasteiger partial charge on any atom is 0.314 e. The molecule has 1 unspecified atom stereocenters. The van der Waals surface area contributed by atoms with Crippen LogP contribution in [-0.4, -0.2) is 53.9 Å². The molecule has 1 aliphatic rings. The summed E-state index contributed by atoms with van der Waals surface area (Å²) in [5.74, 6) is 0.153. The number of carbonyl (C=O) groups is 1. The minimum absolute atomic E-state index is 0.143. The minimum Gasteiger partial charge on any atom is -0.508 e. The van der Waals surface area contributed by atoms with Crippen LogP contribution in [0, 0.1) is 0 Å². The second-order valence-corrected chi connectivity index (χ2v) is 6.00. The highest BCUT2D eigenvalue weighted by Gasteiger charge is 2.11. The van der Waals surface area contributed by atoms with Crippen molar-refractivity contribution in [1.82, 2.24) is 15.5 Å². The van der Waals surface area contributed by atoms with Crippen molar-refractivity contribution in [3.8, 4) is 5.75 Å². The van der Waals surface area contributed by atoms with Gasteiger partial charge in [0.25, 0.3) is 0 Å². The zero-order valence-electron chi connectivity index (χ0n) is 13.5. The summed E-state index contributed by atoms with van der Waals surface area (Å²) < 4.78 is 0. The summed E-state index contributed by atoms with van der Waals surface area (Å²) in [6.07, 6.45) is 3.89. The number of likely N-dealkylation sites (tertiary alicyclic amines) is 1. The van der Waals surface area contributed by atoms with Gasteiger partial charge in [-0.15, -0.1) is 0 Å². The molecule has 0 aliphatic carbocycles. The summed E-state index contributed by atoms with van der Waals surface area (Å²) in [7, 11) is 0. The SMILES string of the molecule is O=C(NCCCCN1CCCC1)NCC(O)c1ccc(O)cc1. The summed E-state index contributed by atoms with van der Waals surface area (Å²) in [5, 5.41) is 24.6. The van der Waals surface area contributed by atoms with E-state index in [4.69, 9.17) is 0 Å². The fraction of sp³-hybridized carbons (Fsp3) is 0.588. The van der Waals surface area contributed by atoms with Gasteiger partial charge >= 0.3 is 6.03 Å². The van der Waals surface area contributed by atoms with Crippen molar-refractivity contribution in [2.75, 3.05) is 32.7 Å². The topological polar surface area (TPSA) is 84.8 Å². The second-order valence-electron chi connectivity index (χ2n) is 6.00. The number of nitrogens with one attached hydrogen (secondary N) is 2. The Morgan fingerprint density at radius 3 is 2.52 bits per heavy atom. The molecule has 6 nitrogen and oxygen atoms in total. The van der Waals surface area contributed by atoms with Gasteiger partial charge in [0.1, 0.15) is 5.75 Å². The van der Waals surface area contributed by atoms with Crippen LogP contribution >= 0.6 is 0 Å². The predicted molar refractivity (Wildman–Crippen MR) is 89.4 cm³/mol. The van der Waals surface area contributed by atoms with Crippen molar-refractivity contribution in [1.29, 1.82) is 0 Å². The largest absolute Gasteiger partial charge is 0.508 e. The predicted octanol–water partition coefficient (Wildman–Crippen LogP) is 1.60. The van der Waals surface area contributed by atoms with Crippen LogP contribution in [0.1, 0.15) is 37.4 Å². The van der Waals surface area contributed by atoms with E-state index < -0.39 is 6.10 Å². The second kappa shape index (κ2) is 9.37. The van der Waals surface area contributed by atoms with Gasteiger partial charge in [-0.1, -0.05) is 12.1 Å². The first kappa shape index (κ1) is 17.6. The van der Waals surface area contributed by atoms with Crippen molar-refractivity contribution in [2.45, 2.75) is 31.8 Å². The normalized spacial score (nSPS) is 16.2. The third-order valence-corrected chi connectivity index (χ3v) is 4.12. The van der Waals surface area contributed by atoms with Gasteiger partial charge in [0.15, 0.2) is 0 Å². The molecule has 128 valence electrons. The summed E-state index contributed by atoms with van der Waals surface area (Å²) in [6.45, 7) is 4.33. The number of rotatable bonds is 8. The van der Waals surface area contributed by atoms with Crippen LogP contribution in [0.3, 0.4) is 0 Å². The van der Waals surface area contributed by atoms with E-state index in [0.717, 1.165) is 19.4 Å². The number of phenolic OH excluding ortho intramolecular Hbond substituents is 1. The van der Waals surface area contributed by atoms with E-state index in [1.165, 1.54) is 38.1 Å². The molecule has 1 heterocycles. The molecule has 2 rings (SSSR count). The first-order chi connectivity index (χ1) is 11.1. The molecule has 0 saturated carbocycles. The number of nitrogens with zero attached hydrogens (tertiary/aromatic N) is 1. The zero-order valence-corrected chi connectivity index (χ0v) is 13.5. The Hall–Kier alpha value is -1.79. The van der Waals surface area contributed by atoms with Crippen LogP contribution in [0.2, 0.25) is 0 Å². The molecule has 4 N–H and O–H groups in total. The smallest absolute Gasteiger partial charge is 0.314 e. The number of aromatic hydroxyl groups is 1. The van der Waals surface area contributed by atoms with E-state index in [2.05, 4.69) is 15.5 Å². The monoisotopic (exact) mass is 321 g/mol. The fourth-order valence-electron chi connectivity index (χ4n) is 2.73. The average molecular weight is 321 g/mol. The molecule has 2 amide bonds. The van der Waals surface area contributed by atoms with Crippen LogP contribution in [0.15, 0.2) is 24.3 Å². The van der Waals surface area contributed by atoms with Gasteiger partial charge in [-0.05, 0) is 63.0 Å². The van der Waals surface area contributed by atoms with Crippen molar-refractivity contribution >= 4 is 6.03 Å². The molecule has 1 aliphatic heterocycles. The van der Waals surface area contributed by atoms with E-state index in [1.807, 2.05) is 0 Å². The number of hydrogen-bond donors (Lipinski definition) is 4. The molecule has 6 heteroatoms. The molecule has 23 heavy (non-hydrogen) atoms. The average Bonchev–Trinajstić information content (AvgIpc) is 3.06. The molecular weight excluding hydrogens is 294 g/mol. The number of amides is 2. The van der Waals surface area contributed by atoms with Gasteiger partial charge in [-0.25, -0.2) is 4.79 Å². The van der Waals surface area contributed by atoms with E-state index in [-0.39, 0.29) is 18.3 Å². The minimum atomic E-state index is -0.781. The van der Waals surface area contributed by atoms with Crippen LogP contribution in [0.4, 0.5) is 4.79 Å². The van der Waals surface area contributed by atoms with Gasteiger partial charge in [-0.3, -0.25) is 0 Å². The number of unbranched alkanes of at least 4 members (excludes halogenated alkanes) is 1. The first-order valence-electron chi connectivity index (χ1n) is 8.36. The van der Waals surface area contributed by atoms with Crippen molar-refractivity contribution < 1.29 is 15.0 Å². The Balaban J connectivity index is 1.53. The molecule has 1 aromatic rings. The number of aliphatic hydroxyl groups excluding tert-OH is 1.